The van der Waals surface area contributed by atoms with E-state index in [0.29, 0.717) is 47.6 Å². The van der Waals surface area contributed by atoms with Gasteiger partial charge < -0.3 is 25.6 Å². The number of nitrogens with zero attached hydrogens (tertiary/aromatic N) is 2. The van der Waals surface area contributed by atoms with Crippen LogP contribution in [0.2, 0.25) is 10.0 Å². The van der Waals surface area contributed by atoms with E-state index in [1.165, 1.54) is 0 Å². The number of hydrogen-bond donors (Lipinski definition) is 3. The summed E-state index contributed by atoms with van der Waals surface area (Å²) in [6, 6.07) is 9.32. The molecule has 1 heterocycles. The van der Waals surface area contributed by atoms with Crippen LogP contribution in [0.25, 0.3) is 0 Å². The van der Waals surface area contributed by atoms with Gasteiger partial charge in [0.2, 0.25) is 5.91 Å². The Morgan fingerprint density at radius 1 is 1.00 bits per heavy atom. The highest BCUT2D eigenvalue weighted by Crippen LogP contribution is 2.39. The van der Waals surface area contributed by atoms with E-state index in [-0.39, 0.29) is 17.7 Å². The zero-order valence-corrected chi connectivity index (χ0v) is 26.2. The summed E-state index contributed by atoms with van der Waals surface area (Å²) in [5.41, 5.74) is 8.74. The van der Waals surface area contributed by atoms with Crippen LogP contribution in [0.15, 0.2) is 35.4 Å². The van der Waals surface area contributed by atoms with E-state index < -0.39 is 6.10 Å². The summed E-state index contributed by atoms with van der Waals surface area (Å²) in [7, 11) is 0. The number of benzene rings is 2. The first kappa shape index (κ1) is 32.4. The summed E-state index contributed by atoms with van der Waals surface area (Å²) in [5, 5.41) is 21.1. The van der Waals surface area contributed by atoms with Gasteiger partial charge in [0, 0.05) is 30.5 Å². The molecule has 1 fully saturated rings. The number of carbonyl (C=O) groups excluding carboxylic acids is 1. The first-order valence-electron chi connectivity index (χ1n) is 15.3. The van der Waals surface area contributed by atoms with E-state index in [1.54, 1.807) is 17.1 Å². The molecule has 4 N–H and O–H groups in total. The van der Waals surface area contributed by atoms with Crippen molar-refractivity contribution in [3.8, 4) is 11.5 Å². The van der Waals surface area contributed by atoms with Gasteiger partial charge in [0.15, 0.2) is 11.5 Å². The van der Waals surface area contributed by atoms with Crippen LogP contribution in [0.4, 0.5) is 5.69 Å². The average molecular weight is 620 g/mol. The third kappa shape index (κ3) is 8.10. The Bertz CT molecular complexity index is 1220. The number of halogens is 2. The van der Waals surface area contributed by atoms with Gasteiger partial charge in [-0.25, -0.2) is 5.01 Å². The van der Waals surface area contributed by atoms with E-state index in [9.17, 15) is 9.90 Å². The van der Waals surface area contributed by atoms with Crippen molar-refractivity contribution in [3.05, 3.63) is 51.5 Å². The van der Waals surface area contributed by atoms with Crippen LogP contribution in [0.1, 0.15) is 82.4 Å². The van der Waals surface area contributed by atoms with Gasteiger partial charge in [-0.05, 0) is 82.0 Å². The molecule has 2 aromatic rings. The van der Waals surface area contributed by atoms with Crippen LogP contribution in [0.5, 0.6) is 11.5 Å². The number of aliphatic hydroxyl groups is 1. The zero-order chi connectivity index (χ0) is 30.1. The lowest BCUT2D eigenvalue weighted by Crippen LogP contribution is -2.46. The molecule has 8 nitrogen and oxygen atoms in total. The molecule has 0 saturated heterocycles. The van der Waals surface area contributed by atoms with Crippen LogP contribution < -0.4 is 20.5 Å². The fraction of sp³-hybridized carbons (Fsp3) is 0.562. The first-order valence-corrected chi connectivity index (χ1v) is 16.0. The lowest BCUT2D eigenvalue weighted by atomic mass is 9.73. The highest BCUT2D eigenvalue weighted by atomic mass is 35.5. The number of hydrogen-bond acceptors (Lipinski definition) is 7. The Hall–Kier alpha value is -2.52. The maximum absolute atomic E-state index is 13.4. The molecule has 1 amide bonds. The molecule has 3 atom stereocenters. The van der Waals surface area contributed by atoms with Crippen molar-refractivity contribution in [1.29, 1.82) is 0 Å². The Kier molecular flexibility index (Phi) is 12.2. The van der Waals surface area contributed by atoms with Crippen LogP contribution >= 0.6 is 23.2 Å². The van der Waals surface area contributed by atoms with Crippen molar-refractivity contribution in [2.24, 2.45) is 16.9 Å². The number of anilines is 1. The minimum Gasteiger partial charge on any atom is -0.490 e. The molecule has 0 aromatic heterocycles. The lowest BCUT2D eigenvalue weighted by Gasteiger charge is -2.38. The fourth-order valence-corrected chi connectivity index (χ4v) is 6.36. The predicted octanol–water partition coefficient (Wildman–Crippen LogP) is 6.61. The number of nitrogen functional groups attached to an aromatic ring is 1. The van der Waals surface area contributed by atoms with E-state index in [1.807, 2.05) is 32.0 Å². The van der Waals surface area contributed by atoms with Crippen molar-refractivity contribution < 1.29 is 19.4 Å². The minimum atomic E-state index is -0.721. The van der Waals surface area contributed by atoms with Crippen molar-refractivity contribution in [3.63, 3.8) is 0 Å². The highest BCUT2D eigenvalue weighted by Gasteiger charge is 2.41. The van der Waals surface area contributed by atoms with Crippen molar-refractivity contribution in [2.75, 3.05) is 38.6 Å². The highest BCUT2D eigenvalue weighted by molar-refractivity contribution is 6.38. The van der Waals surface area contributed by atoms with Gasteiger partial charge in [-0.15, -0.1) is 0 Å². The summed E-state index contributed by atoms with van der Waals surface area (Å²) in [5.74, 6) is 1.76. The second-order valence-electron chi connectivity index (χ2n) is 11.0. The van der Waals surface area contributed by atoms with Crippen molar-refractivity contribution in [2.45, 2.75) is 71.3 Å². The molecule has 0 radical (unpaired) electrons. The molecule has 4 rings (SSSR count). The van der Waals surface area contributed by atoms with Gasteiger partial charge in [0.25, 0.3) is 0 Å². The number of amides is 1. The number of aliphatic hydroxyl groups excluding tert-OH is 1. The molecular weight excluding hydrogens is 575 g/mol. The number of nitrogens with two attached hydrogens (primary N) is 1. The van der Waals surface area contributed by atoms with E-state index in [4.69, 9.17) is 43.5 Å². The topological polar surface area (TPSA) is 109 Å². The average Bonchev–Trinajstić information content (AvgIpc) is 2.99. The van der Waals surface area contributed by atoms with Gasteiger partial charge in [-0.3, -0.25) is 4.79 Å². The maximum atomic E-state index is 13.4. The van der Waals surface area contributed by atoms with Crippen LogP contribution in [0.3, 0.4) is 0 Å². The van der Waals surface area contributed by atoms with Crippen molar-refractivity contribution >= 4 is 40.5 Å². The van der Waals surface area contributed by atoms with Gasteiger partial charge in [0.05, 0.1) is 40.8 Å². The standard InChI is InChI=1S/C32H44Cl2N4O4/c1-3-41-28-14-13-21(19-29(28)42-4-2)31-23-11-7-8-12-24(23)32(40)38(37-31)16-10-6-5-9-15-36-20-27(39)22-17-25(33)30(35)26(34)18-22/h13-14,17-19,23-24,27,36,39H,3-12,15-16,20,35H2,1-2H3. The maximum Gasteiger partial charge on any atom is 0.246 e. The second kappa shape index (κ2) is 15.8. The summed E-state index contributed by atoms with van der Waals surface area (Å²) in [4.78, 5) is 13.4. The van der Waals surface area contributed by atoms with Crippen molar-refractivity contribution in [1.82, 2.24) is 10.3 Å². The lowest BCUT2D eigenvalue weighted by molar-refractivity contribution is -0.139. The van der Waals surface area contributed by atoms with Gasteiger partial charge in [-0.1, -0.05) is 48.9 Å². The second-order valence-corrected chi connectivity index (χ2v) is 11.8. The third-order valence-corrected chi connectivity index (χ3v) is 8.68. The number of unbranched alkanes of at least 4 members (excludes halogenated alkanes) is 3. The molecule has 10 heteroatoms. The Morgan fingerprint density at radius 2 is 1.67 bits per heavy atom. The molecule has 230 valence electrons. The van der Waals surface area contributed by atoms with Crippen LogP contribution in [-0.4, -0.2) is 54.6 Å². The molecule has 0 spiro atoms. The molecule has 1 saturated carbocycles. The molecule has 42 heavy (non-hydrogen) atoms. The number of rotatable bonds is 15. The van der Waals surface area contributed by atoms with Crippen LogP contribution in [-0.2, 0) is 4.79 Å². The summed E-state index contributed by atoms with van der Waals surface area (Å²) in [6.07, 6.45) is 7.25. The molecule has 1 aliphatic heterocycles. The van der Waals surface area contributed by atoms with Gasteiger partial charge >= 0.3 is 0 Å². The normalized spacial score (nSPS) is 19.3. The Balaban J connectivity index is 1.29. The summed E-state index contributed by atoms with van der Waals surface area (Å²) in [6.45, 7) is 6.84. The zero-order valence-electron chi connectivity index (χ0n) is 24.7. The minimum absolute atomic E-state index is 0.00481. The summed E-state index contributed by atoms with van der Waals surface area (Å²) >= 11 is 12.2. The number of fused-ring (bicyclic) bond motifs is 1. The molecule has 3 unspecified atom stereocenters. The Morgan fingerprint density at radius 3 is 2.38 bits per heavy atom. The third-order valence-electron chi connectivity index (χ3n) is 8.05. The first-order chi connectivity index (χ1) is 20.3. The molecule has 2 aromatic carbocycles. The van der Waals surface area contributed by atoms with Crippen LogP contribution in [0, 0.1) is 11.8 Å². The molecular formula is C32H44Cl2N4O4. The molecule has 1 aliphatic carbocycles. The number of carbonyl (C=O) groups is 1. The van der Waals surface area contributed by atoms with Gasteiger partial charge in [0.1, 0.15) is 0 Å². The van der Waals surface area contributed by atoms with E-state index >= 15 is 0 Å². The van der Waals surface area contributed by atoms with Gasteiger partial charge in [-0.2, -0.15) is 5.10 Å². The fourth-order valence-electron chi connectivity index (χ4n) is 5.86. The monoisotopic (exact) mass is 618 g/mol. The smallest absolute Gasteiger partial charge is 0.246 e. The number of ether oxygens (including phenoxy) is 2. The largest absolute Gasteiger partial charge is 0.490 e. The quantitative estimate of drug-likeness (QED) is 0.153. The SMILES string of the molecule is CCOc1ccc(C2=NN(CCCCCCNCC(O)c3cc(Cl)c(N)c(Cl)c3)C(=O)C3CCCCC23)cc1OCC. The summed E-state index contributed by atoms with van der Waals surface area (Å²) < 4.78 is 11.6. The molecule has 0 bridgehead atoms. The molecule has 2 aliphatic rings. The Labute approximate surface area is 259 Å². The predicted molar refractivity (Wildman–Crippen MR) is 170 cm³/mol. The number of hydrazone groups is 1. The van der Waals surface area contributed by atoms with E-state index in [2.05, 4.69) is 5.32 Å². The van der Waals surface area contributed by atoms with E-state index in [0.717, 1.165) is 80.7 Å². The number of nitrogens with one attached hydrogen (secondary N) is 1.